The smallest absolute Gasteiger partial charge is 0.329 e. The lowest BCUT2D eigenvalue weighted by atomic mass is 10.0. The zero-order chi connectivity index (χ0) is 20.8. The number of urea groups is 1. The Bertz CT molecular complexity index is 930. The standard InChI is InChI=1S/C25H25N3O2/c29-24(20-10-4-1-5-11-20)26-21-16-18-27(19-17-21)25(30)28(22-12-6-2-7-13-22)23-14-8-3-9-15-23/h1-15,21H,16-19H2,(H,26,29). The fourth-order valence-corrected chi connectivity index (χ4v) is 3.74. The number of benzene rings is 3. The number of nitrogens with one attached hydrogen (secondary N) is 1. The van der Waals surface area contributed by atoms with Crippen molar-refractivity contribution in [3.8, 4) is 0 Å². The molecule has 30 heavy (non-hydrogen) atoms. The number of carbonyl (C=O) groups is 2. The number of anilines is 2. The summed E-state index contributed by atoms with van der Waals surface area (Å²) in [6, 6.07) is 28.7. The first kappa shape index (κ1) is 19.7. The average molecular weight is 399 g/mol. The van der Waals surface area contributed by atoms with Crippen molar-refractivity contribution in [2.24, 2.45) is 0 Å². The Balaban J connectivity index is 1.43. The number of rotatable bonds is 4. The summed E-state index contributed by atoms with van der Waals surface area (Å²) in [5.41, 5.74) is 2.34. The molecule has 0 radical (unpaired) electrons. The molecule has 1 aliphatic heterocycles. The Morgan fingerprint density at radius 2 is 1.20 bits per heavy atom. The third-order valence-electron chi connectivity index (χ3n) is 5.36. The van der Waals surface area contributed by atoms with Gasteiger partial charge in [0, 0.05) is 24.7 Å². The highest BCUT2D eigenvalue weighted by Gasteiger charge is 2.28. The van der Waals surface area contributed by atoms with Gasteiger partial charge in [0.05, 0.1) is 11.4 Å². The number of carbonyl (C=O) groups excluding carboxylic acids is 2. The van der Waals surface area contributed by atoms with Crippen LogP contribution in [-0.4, -0.2) is 36.0 Å². The molecule has 1 N–H and O–H groups in total. The Kier molecular flexibility index (Phi) is 6.09. The van der Waals surface area contributed by atoms with E-state index in [1.54, 1.807) is 4.90 Å². The van der Waals surface area contributed by atoms with E-state index in [-0.39, 0.29) is 18.0 Å². The molecular formula is C25H25N3O2. The molecule has 3 aromatic rings. The van der Waals surface area contributed by atoms with Gasteiger partial charge >= 0.3 is 6.03 Å². The Hall–Kier alpha value is -3.60. The molecule has 152 valence electrons. The van der Waals surface area contributed by atoms with Crippen molar-refractivity contribution < 1.29 is 9.59 Å². The van der Waals surface area contributed by atoms with Crippen molar-refractivity contribution in [3.05, 3.63) is 96.6 Å². The molecule has 0 unspecified atom stereocenters. The van der Waals surface area contributed by atoms with Crippen molar-refractivity contribution in [2.45, 2.75) is 18.9 Å². The molecule has 5 heteroatoms. The minimum Gasteiger partial charge on any atom is -0.349 e. The van der Waals surface area contributed by atoms with E-state index in [9.17, 15) is 9.59 Å². The molecule has 5 nitrogen and oxygen atoms in total. The van der Waals surface area contributed by atoms with E-state index >= 15 is 0 Å². The van der Waals surface area contributed by atoms with E-state index in [0.29, 0.717) is 18.7 Å². The first-order chi connectivity index (χ1) is 14.7. The van der Waals surface area contributed by atoms with Crippen molar-refractivity contribution in [1.82, 2.24) is 10.2 Å². The van der Waals surface area contributed by atoms with Crippen molar-refractivity contribution >= 4 is 23.3 Å². The first-order valence-electron chi connectivity index (χ1n) is 10.3. The van der Waals surface area contributed by atoms with Gasteiger partial charge < -0.3 is 10.2 Å². The van der Waals surface area contributed by atoms with Crippen LogP contribution in [0.5, 0.6) is 0 Å². The van der Waals surface area contributed by atoms with Crippen LogP contribution >= 0.6 is 0 Å². The van der Waals surface area contributed by atoms with Gasteiger partial charge in [0.2, 0.25) is 0 Å². The third kappa shape index (κ3) is 4.51. The molecular weight excluding hydrogens is 374 g/mol. The van der Waals surface area contributed by atoms with Gasteiger partial charge in [-0.1, -0.05) is 54.6 Å². The van der Waals surface area contributed by atoms with Crippen LogP contribution < -0.4 is 10.2 Å². The molecule has 0 saturated carbocycles. The number of piperidine rings is 1. The van der Waals surface area contributed by atoms with Gasteiger partial charge in [-0.3, -0.25) is 9.69 Å². The first-order valence-corrected chi connectivity index (χ1v) is 10.3. The Labute approximate surface area is 176 Å². The number of para-hydroxylation sites is 2. The Morgan fingerprint density at radius 3 is 1.70 bits per heavy atom. The van der Waals surface area contributed by atoms with Crippen LogP contribution in [0.3, 0.4) is 0 Å². The van der Waals surface area contributed by atoms with Gasteiger partial charge in [0.1, 0.15) is 0 Å². The third-order valence-corrected chi connectivity index (χ3v) is 5.36. The molecule has 3 aromatic carbocycles. The van der Waals surface area contributed by atoms with E-state index in [2.05, 4.69) is 5.32 Å². The predicted molar refractivity (Wildman–Crippen MR) is 119 cm³/mol. The molecule has 1 saturated heterocycles. The zero-order valence-corrected chi connectivity index (χ0v) is 16.8. The summed E-state index contributed by atoms with van der Waals surface area (Å²) >= 11 is 0. The molecule has 4 rings (SSSR count). The molecule has 0 bridgehead atoms. The summed E-state index contributed by atoms with van der Waals surface area (Å²) in [6.07, 6.45) is 1.48. The average Bonchev–Trinajstić information content (AvgIpc) is 2.81. The lowest BCUT2D eigenvalue weighted by molar-refractivity contribution is 0.0919. The number of nitrogens with zero attached hydrogens (tertiary/aromatic N) is 2. The number of amides is 3. The maximum atomic E-state index is 13.4. The van der Waals surface area contributed by atoms with Crippen LogP contribution in [0.1, 0.15) is 23.2 Å². The zero-order valence-electron chi connectivity index (χ0n) is 16.8. The summed E-state index contributed by atoms with van der Waals surface area (Å²) < 4.78 is 0. The van der Waals surface area contributed by atoms with Crippen LogP contribution in [0.15, 0.2) is 91.0 Å². The summed E-state index contributed by atoms with van der Waals surface area (Å²) in [5.74, 6) is -0.0597. The van der Waals surface area contributed by atoms with Crippen LogP contribution in [0.25, 0.3) is 0 Å². The van der Waals surface area contributed by atoms with E-state index in [4.69, 9.17) is 0 Å². The highest BCUT2D eigenvalue weighted by atomic mass is 16.2. The van der Waals surface area contributed by atoms with E-state index < -0.39 is 0 Å². The number of hydrogen-bond donors (Lipinski definition) is 1. The minimum absolute atomic E-state index is 0.0414. The lowest BCUT2D eigenvalue weighted by Crippen LogP contribution is -2.49. The lowest BCUT2D eigenvalue weighted by Gasteiger charge is -2.36. The summed E-state index contributed by atoms with van der Waals surface area (Å²) in [4.78, 5) is 29.4. The van der Waals surface area contributed by atoms with Crippen LogP contribution in [0.4, 0.5) is 16.2 Å². The van der Waals surface area contributed by atoms with E-state index in [0.717, 1.165) is 24.2 Å². The van der Waals surface area contributed by atoms with Gasteiger partial charge in [0.15, 0.2) is 0 Å². The minimum atomic E-state index is -0.0597. The second kappa shape index (κ2) is 9.27. The topological polar surface area (TPSA) is 52.7 Å². The predicted octanol–water partition coefficient (Wildman–Crippen LogP) is 4.84. The summed E-state index contributed by atoms with van der Waals surface area (Å²) in [7, 11) is 0. The van der Waals surface area contributed by atoms with Gasteiger partial charge in [-0.15, -0.1) is 0 Å². The number of hydrogen-bond acceptors (Lipinski definition) is 2. The fraction of sp³-hybridized carbons (Fsp3) is 0.200. The SMILES string of the molecule is O=C(NC1CCN(C(=O)N(c2ccccc2)c2ccccc2)CC1)c1ccccc1. The molecule has 1 aliphatic rings. The normalized spacial score (nSPS) is 14.2. The Morgan fingerprint density at radius 1 is 0.733 bits per heavy atom. The maximum Gasteiger partial charge on any atom is 0.329 e. The molecule has 1 fully saturated rings. The largest absolute Gasteiger partial charge is 0.349 e. The second-order valence-corrected chi connectivity index (χ2v) is 7.39. The van der Waals surface area contributed by atoms with Crippen molar-refractivity contribution in [3.63, 3.8) is 0 Å². The molecule has 1 heterocycles. The highest BCUT2D eigenvalue weighted by molar-refractivity contribution is 5.99. The fourth-order valence-electron chi connectivity index (χ4n) is 3.74. The van der Waals surface area contributed by atoms with Crippen molar-refractivity contribution in [1.29, 1.82) is 0 Å². The number of likely N-dealkylation sites (tertiary alicyclic amines) is 1. The van der Waals surface area contributed by atoms with Gasteiger partial charge in [-0.2, -0.15) is 0 Å². The monoisotopic (exact) mass is 399 g/mol. The van der Waals surface area contributed by atoms with Crippen LogP contribution in [0, 0.1) is 0 Å². The highest BCUT2D eigenvalue weighted by Crippen LogP contribution is 2.27. The van der Waals surface area contributed by atoms with E-state index in [1.165, 1.54) is 0 Å². The molecule has 3 amide bonds. The molecule has 0 atom stereocenters. The van der Waals surface area contributed by atoms with Crippen LogP contribution in [0.2, 0.25) is 0 Å². The summed E-state index contributed by atoms with van der Waals surface area (Å²) in [5, 5.41) is 3.10. The van der Waals surface area contributed by atoms with Gasteiger partial charge in [0.25, 0.3) is 5.91 Å². The molecule has 0 aromatic heterocycles. The van der Waals surface area contributed by atoms with Gasteiger partial charge in [-0.05, 0) is 49.2 Å². The maximum absolute atomic E-state index is 13.4. The summed E-state index contributed by atoms with van der Waals surface area (Å²) in [6.45, 7) is 1.21. The van der Waals surface area contributed by atoms with Gasteiger partial charge in [-0.25, -0.2) is 4.79 Å². The molecule has 0 aliphatic carbocycles. The van der Waals surface area contributed by atoms with Crippen LogP contribution in [-0.2, 0) is 0 Å². The quantitative estimate of drug-likeness (QED) is 0.683. The van der Waals surface area contributed by atoms with Crippen molar-refractivity contribution in [2.75, 3.05) is 18.0 Å². The second-order valence-electron chi connectivity index (χ2n) is 7.39. The van der Waals surface area contributed by atoms with E-state index in [1.807, 2.05) is 95.9 Å². The molecule has 0 spiro atoms.